The van der Waals surface area contributed by atoms with Crippen LogP contribution in [0.3, 0.4) is 0 Å². The first-order valence-corrected chi connectivity index (χ1v) is 5.25. The summed E-state index contributed by atoms with van der Waals surface area (Å²) in [6, 6.07) is 0. The van der Waals surface area contributed by atoms with Gasteiger partial charge in [0, 0.05) is 0 Å². The van der Waals surface area contributed by atoms with E-state index in [2.05, 4.69) is 6.92 Å². The first-order valence-electron chi connectivity index (χ1n) is 3.88. The monoisotopic (exact) mass is 163 g/mol. The van der Waals surface area contributed by atoms with E-state index in [4.69, 9.17) is 4.52 Å². The van der Waals surface area contributed by atoms with Gasteiger partial charge in [0.15, 0.2) is 6.16 Å². The molecule has 10 heavy (non-hydrogen) atoms. The molecule has 0 aliphatic rings. The molecule has 0 rings (SSSR count). The van der Waals surface area contributed by atoms with E-state index in [1.165, 1.54) is 0 Å². The summed E-state index contributed by atoms with van der Waals surface area (Å²) >= 11 is 0. The molecule has 0 aromatic carbocycles. The van der Waals surface area contributed by atoms with E-state index in [1.54, 1.807) is 0 Å². The van der Waals surface area contributed by atoms with Gasteiger partial charge in [0.25, 0.3) is 0 Å². The fourth-order valence-electron chi connectivity index (χ4n) is 0.558. The van der Waals surface area contributed by atoms with Crippen LogP contribution in [0.5, 0.6) is 0 Å². The zero-order valence-corrected chi connectivity index (χ0v) is 7.69. The van der Waals surface area contributed by atoms with E-state index < -0.39 is 8.03 Å². The van der Waals surface area contributed by atoms with Crippen LogP contribution in [0.4, 0.5) is 0 Å². The standard InChI is InChI=1S/C7H16O2P/c1-3-5-6-9-10(8)7-4-2/h3-7H2,1-2H3/q+1. The van der Waals surface area contributed by atoms with Crippen molar-refractivity contribution in [3.8, 4) is 0 Å². The van der Waals surface area contributed by atoms with Gasteiger partial charge in [0.05, 0.1) is 0 Å². The van der Waals surface area contributed by atoms with Crippen molar-refractivity contribution >= 4 is 8.03 Å². The Kier molecular flexibility index (Phi) is 7.21. The Bertz CT molecular complexity index is 93.6. The molecule has 2 nitrogen and oxygen atoms in total. The molecule has 0 spiro atoms. The molecule has 1 atom stereocenters. The van der Waals surface area contributed by atoms with Crippen molar-refractivity contribution in [3.63, 3.8) is 0 Å². The largest absolute Gasteiger partial charge is 0.508 e. The summed E-state index contributed by atoms with van der Waals surface area (Å²) in [6.45, 7) is 4.76. The van der Waals surface area contributed by atoms with Gasteiger partial charge in [-0.3, -0.25) is 0 Å². The van der Waals surface area contributed by atoms with E-state index in [9.17, 15) is 4.57 Å². The van der Waals surface area contributed by atoms with E-state index in [0.29, 0.717) is 12.8 Å². The molecule has 0 radical (unpaired) electrons. The fourth-order valence-corrected chi connectivity index (χ4v) is 1.38. The molecule has 0 amide bonds. The second kappa shape index (κ2) is 7.17. The van der Waals surface area contributed by atoms with Crippen LogP contribution in [0.2, 0.25) is 0 Å². The molecular formula is C7H16O2P+. The molecule has 0 aliphatic carbocycles. The van der Waals surface area contributed by atoms with E-state index in [-0.39, 0.29) is 0 Å². The van der Waals surface area contributed by atoms with Gasteiger partial charge in [0.1, 0.15) is 6.61 Å². The first-order chi connectivity index (χ1) is 4.81. The molecule has 3 heteroatoms. The van der Waals surface area contributed by atoms with E-state index in [0.717, 1.165) is 19.3 Å². The van der Waals surface area contributed by atoms with Crippen LogP contribution >= 0.6 is 8.03 Å². The number of hydrogen-bond acceptors (Lipinski definition) is 2. The molecular weight excluding hydrogens is 147 g/mol. The molecule has 0 heterocycles. The second-order valence-electron chi connectivity index (χ2n) is 2.24. The molecule has 0 bridgehead atoms. The third-order valence-corrected chi connectivity index (χ3v) is 2.42. The maximum absolute atomic E-state index is 10.8. The highest BCUT2D eigenvalue weighted by atomic mass is 31.1. The lowest BCUT2D eigenvalue weighted by molar-refractivity contribution is 0.321. The highest BCUT2D eigenvalue weighted by Gasteiger charge is 2.13. The Balaban J connectivity index is 3.05. The van der Waals surface area contributed by atoms with E-state index in [1.807, 2.05) is 6.92 Å². The van der Waals surface area contributed by atoms with Crippen LogP contribution in [0.1, 0.15) is 33.1 Å². The van der Waals surface area contributed by atoms with Gasteiger partial charge in [0.2, 0.25) is 0 Å². The Labute approximate surface area is 63.8 Å². The average molecular weight is 163 g/mol. The molecule has 0 N–H and O–H groups in total. The fraction of sp³-hybridized carbons (Fsp3) is 1.00. The summed E-state index contributed by atoms with van der Waals surface area (Å²) in [6.07, 6.45) is 3.78. The molecule has 0 fully saturated rings. The van der Waals surface area contributed by atoms with Crippen molar-refractivity contribution in [1.29, 1.82) is 0 Å². The molecule has 0 saturated carbocycles. The summed E-state index contributed by atoms with van der Waals surface area (Å²) in [5.74, 6) is 0. The summed E-state index contributed by atoms with van der Waals surface area (Å²) in [5.41, 5.74) is 0. The topological polar surface area (TPSA) is 26.3 Å². The van der Waals surface area contributed by atoms with Crippen LogP contribution in [0, 0.1) is 0 Å². The molecule has 0 aromatic heterocycles. The molecule has 0 aliphatic heterocycles. The normalized spacial score (nSPS) is 11.6. The van der Waals surface area contributed by atoms with Gasteiger partial charge in [-0.05, 0) is 17.4 Å². The van der Waals surface area contributed by atoms with Gasteiger partial charge in [-0.15, -0.1) is 4.52 Å². The Hall–Kier alpha value is 0.0600. The van der Waals surface area contributed by atoms with Gasteiger partial charge in [-0.2, -0.15) is 0 Å². The van der Waals surface area contributed by atoms with Crippen molar-refractivity contribution in [2.45, 2.75) is 33.1 Å². The zero-order chi connectivity index (χ0) is 7.82. The smallest absolute Gasteiger partial charge is 0.146 e. The highest BCUT2D eigenvalue weighted by molar-refractivity contribution is 7.39. The lowest BCUT2D eigenvalue weighted by atomic mass is 10.4. The van der Waals surface area contributed by atoms with Gasteiger partial charge in [-0.25, -0.2) is 0 Å². The Morgan fingerprint density at radius 1 is 1.30 bits per heavy atom. The summed E-state index contributed by atoms with van der Waals surface area (Å²) in [7, 11) is -1.34. The van der Waals surface area contributed by atoms with Crippen LogP contribution in [0.15, 0.2) is 0 Å². The van der Waals surface area contributed by atoms with Gasteiger partial charge < -0.3 is 0 Å². The Morgan fingerprint density at radius 3 is 2.50 bits per heavy atom. The van der Waals surface area contributed by atoms with Gasteiger partial charge in [-0.1, -0.05) is 20.3 Å². The maximum Gasteiger partial charge on any atom is 0.508 e. The molecule has 0 saturated heterocycles. The second-order valence-corrected chi connectivity index (χ2v) is 3.61. The minimum absolute atomic E-state index is 0.658. The van der Waals surface area contributed by atoms with Crippen molar-refractivity contribution in [3.05, 3.63) is 0 Å². The quantitative estimate of drug-likeness (QED) is 0.444. The molecule has 1 unspecified atom stereocenters. The van der Waals surface area contributed by atoms with Gasteiger partial charge >= 0.3 is 8.03 Å². The number of rotatable bonds is 6. The summed E-state index contributed by atoms with van der Waals surface area (Å²) in [4.78, 5) is 0. The van der Waals surface area contributed by atoms with Crippen molar-refractivity contribution in [2.24, 2.45) is 0 Å². The molecule has 60 valence electrons. The summed E-state index contributed by atoms with van der Waals surface area (Å²) in [5, 5.41) is 0. The lowest BCUT2D eigenvalue weighted by Crippen LogP contribution is -1.86. The average Bonchev–Trinajstić information content (AvgIpc) is 1.89. The van der Waals surface area contributed by atoms with Crippen LogP contribution in [-0.4, -0.2) is 12.8 Å². The minimum atomic E-state index is -1.34. The predicted octanol–water partition coefficient (Wildman–Crippen LogP) is 2.96. The molecule has 0 aromatic rings. The van der Waals surface area contributed by atoms with Crippen LogP contribution < -0.4 is 0 Å². The van der Waals surface area contributed by atoms with Crippen molar-refractivity contribution in [2.75, 3.05) is 12.8 Å². The SMILES string of the molecule is CCCCO[P+](=O)CCC. The number of unbranched alkanes of at least 4 members (excludes halogenated alkanes) is 1. The van der Waals surface area contributed by atoms with Crippen molar-refractivity contribution < 1.29 is 9.09 Å². The first kappa shape index (κ1) is 10.1. The Morgan fingerprint density at radius 2 is 2.00 bits per heavy atom. The highest BCUT2D eigenvalue weighted by Crippen LogP contribution is 2.22. The number of hydrogen-bond donors (Lipinski definition) is 0. The summed E-state index contributed by atoms with van der Waals surface area (Å²) < 4.78 is 15.9. The lowest BCUT2D eigenvalue weighted by Gasteiger charge is -1.87. The third kappa shape index (κ3) is 6.18. The zero-order valence-electron chi connectivity index (χ0n) is 6.80. The third-order valence-electron chi connectivity index (χ3n) is 1.14. The van der Waals surface area contributed by atoms with Crippen LogP contribution in [0.25, 0.3) is 0 Å². The van der Waals surface area contributed by atoms with Crippen LogP contribution in [-0.2, 0) is 9.09 Å². The van der Waals surface area contributed by atoms with E-state index >= 15 is 0 Å². The maximum atomic E-state index is 10.8. The predicted molar refractivity (Wildman–Crippen MR) is 43.6 cm³/mol. The van der Waals surface area contributed by atoms with Crippen molar-refractivity contribution in [1.82, 2.24) is 0 Å². The minimum Gasteiger partial charge on any atom is -0.146 e.